The van der Waals surface area contributed by atoms with Gasteiger partial charge in [0.2, 0.25) is 0 Å². The molecule has 0 amide bonds. The van der Waals surface area contributed by atoms with E-state index in [0.29, 0.717) is 12.8 Å². The van der Waals surface area contributed by atoms with Gasteiger partial charge in [0, 0.05) is 20.0 Å². The molecular weight excluding hydrogens is 136 g/mol. The third-order valence-electron chi connectivity index (χ3n) is 1.44. The molecule has 1 fully saturated rings. The van der Waals surface area contributed by atoms with Crippen LogP contribution in [-0.4, -0.2) is 24.3 Å². The van der Waals surface area contributed by atoms with Crippen molar-refractivity contribution in [2.45, 2.75) is 31.8 Å². The molecule has 10 heavy (non-hydrogen) atoms. The fraction of sp³-hybridized carbons (Fsp3) is 1.00. The smallest absolute Gasteiger partial charge is 0.196 e. The second-order valence-electron chi connectivity index (χ2n) is 2.56. The fourth-order valence-electron chi connectivity index (χ4n) is 0.790. The van der Waals surface area contributed by atoms with E-state index >= 15 is 0 Å². The van der Waals surface area contributed by atoms with Crippen molar-refractivity contribution in [3.05, 3.63) is 0 Å². The summed E-state index contributed by atoms with van der Waals surface area (Å²) in [7, 11) is 1.54. The van der Waals surface area contributed by atoms with Crippen molar-refractivity contribution in [3.8, 4) is 0 Å². The SMILES string of the molecule is CO[C@@H]1CC[C@@](C)(O)OO1. The number of hydrogen-bond acceptors (Lipinski definition) is 4. The minimum atomic E-state index is -1.14. The summed E-state index contributed by atoms with van der Waals surface area (Å²) in [4.78, 5) is 9.27. The first-order valence-corrected chi connectivity index (χ1v) is 3.24. The van der Waals surface area contributed by atoms with Crippen molar-refractivity contribution in [2.24, 2.45) is 0 Å². The molecular formula is C6H12O4. The van der Waals surface area contributed by atoms with Crippen LogP contribution >= 0.6 is 0 Å². The van der Waals surface area contributed by atoms with Crippen LogP contribution in [0.3, 0.4) is 0 Å². The molecule has 60 valence electrons. The predicted molar refractivity (Wildman–Crippen MR) is 32.8 cm³/mol. The Morgan fingerprint density at radius 2 is 2.40 bits per heavy atom. The zero-order chi connectivity index (χ0) is 7.61. The Kier molecular flexibility index (Phi) is 2.25. The average Bonchev–Trinajstić information content (AvgIpc) is 1.88. The Hall–Kier alpha value is -0.160. The first kappa shape index (κ1) is 7.94. The van der Waals surface area contributed by atoms with Crippen molar-refractivity contribution in [1.82, 2.24) is 0 Å². The summed E-state index contributed by atoms with van der Waals surface area (Å²) in [5.41, 5.74) is 0. The molecule has 0 aromatic carbocycles. The van der Waals surface area contributed by atoms with Gasteiger partial charge in [-0.2, -0.15) is 4.89 Å². The predicted octanol–water partition coefficient (Wildman–Crippen LogP) is 0.409. The van der Waals surface area contributed by atoms with E-state index in [9.17, 15) is 5.11 Å². The van der Waals surface area contributed by atoms with Gasteiger partial charge in [-0.05, 0) is 6.92 Å². The number of hydrogen-bond donors (Lipinski definition) is 1. The van der Waals surface area contributed by atoms with Crippen LogP contribution < -0.4 is 0 Å². The van der Waals surface area contributed by atoms with Crippen molar-refractivity contribution >= 4 is 0 Å². The Morgan fingerprint density at radius 1 is 1.70 bits per heavy atom. The van der Waals surface area contributed by atoms with Gasteiger partial charge in [0.1, 0.15) is 0 Å². The molecule has 4 nitrogen and oxygen atoms in total. The lowest BCUT2D eigenvalue weighted by atomic mass is 10.1. The number of aliphatic hydroxyl groups is 1. The molecule has 2 atom stereocenters. The van der Waals surface area contributed by atoms with Gasteiger partial charge in [0.15, 0.2) is 12.1 Å². The number of ether oxygens (including phenoxy) is 1. The Labute approximate surface area is 59.6 Å². The van der Waals surface area contributed by atoms with Crippen LogP contribution in [-0.2, 0) is 14.5 Å². The molecule has 0 spiro atoms. The molecule has 4 heteroatoms. The standard InChI is InChI=1S/C6H12O4/c1-6(7)4-3-5(8-2)9-10-6/h5,7H,3-4H2,1-2H3/t5-,6-/m0/s1. The van der Waals surface area contributed by atoms with Crippen molar-refractivity contribution in [1.29, 1.82) is 0 Å². The molecule has 0 unspecified atom stereocenters. The summed E-state index contributed by atoms with van der Waals surface area (Å²) in [5, 5.41) is 9.18. The first-order chi connectivity index (χ1) is 4.64. The largest absolute Gasteiger partial charge is 0.363 e. The molecule has 0 aromatic rings. The molecule has 1 N–H and O–H groups in total. The Bertz CT molecular complexity index is 102. The molecule has 1 heterocycles. The van der Waals surface area contributed by atoms with Crippen LogP contribution in [0.2, 0.25) is 0 Å². The second kappa shape index (κ2) is 2.84. The molecule has 1 saturated heterocycles. The van der Waals surface area contributed by atoms with Crippen LogP contribution in [0.4, 0.5) is 0 Å². The number of rotatable bonds is 1. The maximum absolute atomic E-state index is 9.18. The van der Waals surface area contributed by atoms with Crippen molar-refractivity contribution in [3.63, 3.8) is 0 Å². The van der Waals surface area contributed by atoms with Gasteiger partial charge in [0.05, 0.1) is 0 Å². The van der Waals surface area contributed by atoms with Gasteiger partial charge >= 0.3 is 0 Å². The van der Waals surface area contributed by atoms with E-state index in [4.69, 9.17) is 4.74 Å². The lowest BCUT2D eigenvalue weighted by Gasteiger charge is -2.30. The van der Waals surface area contributed by atoms with Gasteiger partial charge in [0.25, 0.3) is 0 Å². The van der Waals surface area contributed by atoms with Gasteiger partial charge in [-0.25, -0.2) is 4.89 Å². The highest BCUT2D eigenvalue weighted by Gasteiger charge is 2.31. The van der Waals surface area contributed by atoms with Gasteiger partial charge in [-0.1, -0.05) is 0 Å². The monoisotopic (exact) mass is 148 g/mol. The quantitative estimate of drug-likeness (QED) is 0.547. The summed E-state index contributed by atoms with van der Waals surface area (Å²) in [6, 6.07) is 0. The Balaban J connectivity index is 2.31. The minimum absolute atomic E-state index is 0.333. The van der Waals surface area contributed by atoms with Crippen molar-refractivity contribution in [2.75, 3.05) is 7.11 Å². The second-order valence-corrected chi connectivity index (χ2v) is 2.56. The summed E-state index contributed by atoms with van der Waals surface area (Å²) in [5.74, 6) is -1.14. The summed E-state index contributed by atoms with van der Waals surface area (Å²) < 4.78 is 4.83. The lowest BCUT2D eigenvalue weighted by Crippen LogP contribution is -2.37. The third-order valence-corrected chi connectivity index (χ3v) is 1.44. The topological polar surface area (TPSA) is 47.9 Å². The van der Waals surface area contributed by atoms with E-state index < -0.39 is 5.79 Å². The van der Waals surface area contributed by atoms with E-state index in [-0.39, 0.29) is 6.29 Å². The first-order valence-electron chi connectivity index (χ1n) is 3.24. The third kappa shape index (κ3) is 1.91. The molecule has 0 aromatic heterocycles. The molecule has 0 aliphatic carbocycles. The molecule has 1 aliphatic rings. The number of methoxy groups -OCH3 is 1. The average molecular weight is 148 g/mol. The molecule has 1 aliphatic heterocycles. The summed E-state index contributed by atoms with van der Waals surface area (Å²) in [6.07, 6.45) is 0.856. The molecule has 0 bridgehead atoms. The van der Waals surface area contributed by atoms with E-state index in [0.717, 1.165) is 0 Å². The zero-order valence-corrected chi connectivity index (χ0v) is 6.16. The Morgan fingerprint density at radius 3 is 2.80 bits per heavy atom. The highest BCUT2D eigenvalue weighted by atomic mass is 17.2. The maximum Gasteiger partial charge on any atom is 0.196 e. The van der Waals surface area contributed by atoms with Gasteiger partial charge < -0.3 is 9.84 Å². The summed E-state index contributed by atoms with van der Waals surface area (Å²) >= 11 is 0. The normalized spacial score (nSPS) is 41.7. The van der Waals surface area contributed by atoms with E-state index in [1.807, 2.05) is 0 Å². The van der Waals surface area contributed by atoms with Gasteiger partial charge in [-0.15, -0.1) is 0 Å². The highest BCUT2D eigenvalue weighted by molar-refractivity contribution is 4.62. The van der Waals surface area contributed by atoms with Crippen LogP contribution in [0, 0.1) is 0 Å². The molecule has 1 rings (SSSR count). The van der Waals surface area contributed by atoms with Crippen LogP contribution in [0.1, 0.15) is 19.8 Å². The molecule has 0 saturated carbocycles. The van der Waals surface area contributed by atoms with E-state index in [2.05, 4.69) is 9.78 Å². The van der Waals surface area contributed by atoms with Crippen LogP contribution in [0.25, 0.3) is 0 Å². The summed E-state index contributed by atoms with van der Waals surface area (Å²) in [6.45, 7) is 1.55. The van der Waals surface area contributed by atoms with Crippen LogP contribution in [0.15, 0.2) is 0 Å². The van der Waals surface area contributed by atoms with E-state index in [1.54, 1.807) is 6.92 Å². The van der Waals surface area contributed by atoms with Crippen LogP contribution in [0.5, 0.6) is 0 Å². The fourth-order valence-corrected chi connectivity index (χ4v) is 0.790. The molecule has 0 radical (unpaired) electrons. The maximum atomic E-state index is 9.18. The minimum Gasteiger partial charge on any atom is -0.363 e. The van der Waals surface area contributed by atoms with Gasteiger partial charge in [-0.3, -0.25) is 0 Å². The lowest BCUT2D eigenvalue weighted by molar-refractivity contribution is -0.484. The zero-order valence-electron chi connectivity index (χ0n) is 6.16. The van der Waals surface area contributed by atoms with Crippen molar-refractivity contribution < 1.29 is 19.6 Å². The highest BCUT2D eigenvalue weighted by Crippen LogP contribution is 2.23. The van der Waals surface area contributed by atoms with E-state index in [1.165, 1.54) is 7.11 Å².